The highest BCUT2D eigenvalue weighted by atomic mass is 16.6. The molecule has 3 aromatic rings. The molecule has 0 aliphatic carbocycles. The number of hydrogen-bond acceptors (Lipinski definition) is 5. The van der Waals surface area contributed by atoms with Gasteiger partial charge in [0.2, 0.25) is 0 Å². The third kappa shape index (κ3) is 5.56. The van der Waals surface area contributed by atoms with Gasteiger partial charge in [0.05, 0.1) is 5.56 Å². The van der Waals surface area contributed by atoms with Crippen LogP contribution < -0.4 is 14.5 Å². The lowest BCUT2D eigenvalue weighted by molar-refractivity contribution is 0.0224. The second-order valence-electron chi connectivity index (χ2n) is 11.4. The molecule has 2 aliphatic heterocycles. The molecule has 0 bridgehead atoms. The lowest BCUT2D eigenvalue weighted by Gasteiger charge is -2.38. The number of esters is 1. The van der Waals surface area contributed by atoms with Crippen molar-refractivity contribution in [3.8, 4) is 11.5 Å². The van der Waals surface area contributed by atoms with Crippen LogP contribution >= 0.6 is 0 Å². The standard InChI is InChI=1S/C36H46N2O3/c1-5-9-11-15-23-38(24-16-12-10-6-2)27-20-22-33-32(25-27)36(30-18-14-13-17-29(30)35(39)41-36)31-21-19-28(26-34(31)40-33)37(7-3)8-4/h13-14,17-22,25-26H,5-12,15-16,23-24H2,1-4H3. The number of nitrogens with zero attached hydrogens (tertiary/aromatic N) is 2. The van der Waals surface area contributed by atoms with Crippen LogP contribution in [0.2, 0.25) is 0 Å². The van der Waals surface area contributed by atoms with Crippen molar-refractivity contribution in [2.45, 2.75) is 84.7 Å². The summed E-state index contributed by atoms with van der Waals surface area (Å²) < 4.78 is 13.1. The zero-order chi connectivity index (χ0) is 28.8. The van der Waals surface area contributed by atoms with Crippen molar-refractivity contribution >= 4 is 17.3 Å². The molecular weight excluding hydrogens is 508 g/mol. The first kappa shape index (κ1) is 29.0. The summed E-state index contributed by atoms with van der Waals surface area (Å²) in [5.41, 5.74) is 4.54. The summed E-state index contributed by atoms with van der Waals surface area (Å²) in [5, 5.41) is 0. The number of carbonyl (C=O) groups excluding carboxylic acids is 1. The van der Waals surface area contributed by atoms with E-state index < -0.39 is 5.60 Å². The molecule has 2 aliphatic rings. The zero-order valence-electron chi connectivity index (χ0n) is 25.4. The van der Waals surface area contributed by atoms with E-state index in [1.54, 1.807) is 0 Å². The van der Waals surface area contributed by atoms with Crippen LogP contribution in [0.15, 0.2) is 60.7 Å². The second kappa shape index (κ2) is 13.0. The molecule has 0 fully saturated rings. The van der Waals surface area contributed by atoms with E-state index in [2.05, 4.69) is 73.9 Å². The summed E-state index contributed by atoms with van der Waals surface area (Å²) in [6.45, 7) is 12.7. The van der Waals surface area contributed by atoms with Crippen LogP contribution in [0.1, 0.15) is 106 Å². The van der Waals surface area contributed by atoms with Crippen molar-refractivity contribution in [2.24, 2.45) is 0 Å². The molecule has 0 saturated carbocycles. The molecule has 218 valence electrons. The van der Waals surface area contributed by atoms with Crippen molar-refractivity contribution in [3.63, 3.8) is 0 Å². The Morgan fingerprint density at radius 3 is 1.98 bits per heavy atom. The highest BCUT2D eigenvalue weighted by molar-refractivity contribution is 5.97. The van der Waals surface area contributed by atoms with Crippen molar-refractivity contribution in [1.29, 1.82) is 0 Å². The van der Waals surface area contributed by atoms with Gasteiger partial charge in [-0.05, 0) is 63.1 Å². The van der Waals surface area contributed by atoms with E-state index in [4.69, 9.17) is 9.47 Å². The van der Waals surface area contributed by atoms with E-state index in [0.29, 0.717) is 5.56 Å². The molecule has 5 nitrogen and oxygen atoms in total. The average Bonchev–Trinajstić information content (AvgIpc) is 3.29. The van der Waals surface area contributed by atoms with E-state index in [1.807, 2.05) is 24.3 Å². The molecule has 1 atom stereocenters. The summed E-state index contributed by atoms with van der Waals surface area (Å²) in [6.07, 6.45) is 9.84. The van der Waals surface area contributed by atoms with Gasteiger partial charge >= 0.3 is 5.97 Å². The smallest absolute Gasteiger partial charge is 0.340 e. The minimum absolute atomic E-state index is 0.284. The molecule has 3 aromatic carbocycles. The van der Waals surface area contributed by atoms with E-state index >= 15 is 0 Å². The lowest BCUT2D eigenvalue weighted by Crippen LogP contribution is -2.34. The maximum atomic E-state index is 13.4. The maximum absolute atomic E-state index is 13.4. The molecule has 0 radical (unpaired) electrons. The van der Waals surface area contributed by atoms with Gasteiger partial charge < -0.3 is 19.3 Å². The van der Waals surface area contributed by atoms with E-state index in [9.17, 15) is 4.79 Å². The van der Waals surface area contributed by atoms with Crippen LogP contribution in [-0.4, -0.2) is 32.1 Å². The molecule has 2 heterocycles. The average molecular weight is 555 g/mol. The van der Waals surface area contributed by atoms with Crippen LogP contribution in [0.3, 0.4) is 0 Å². The number of rotatable bonds is 14. The molecule has 0 aromatic heterocycles. The monoisotopic (exact) mass is 554 g/mol. The molecule has 0 amide bonds. The zero-order valence-corrected chi connectivity index (χ0v) is 25.4. The van der Waals surface area contributed by atoms with Crippen LogP contribution in [-0.2, 0) is 10.3 Å². The number of hydrogen-bond donors (Lipinski definition) is 0. The number of ether oxygens (including phenoxy) is 2. The molecule has 0 N–H and O–H groups in total. The van der Waals surface area contributed by atoms with Crippen LogP contribution in [0.4, 0.5) is 11.4 Å². The summed E-state index contributed by atoms with van der Waals surface area (Å²) in [7, 11) is 0. The van der Waals surface area contributed by atoms with Crippen molar-refractivity contribution < 1.29 is 14.3 Å². The molecule has 1 spiro atoms. The van der Waals surface area contributed by atoms with Gasteiger partial charge in [-0.3, -0.25) is 0 Å². The van der Waals surface area contributed by atoms with Crippen molar-refractivity contribution in [3.05, 3.63) is 82.9 Å². The van der Waals surface area contributed by atoms with E-state index in [1.165, 1.54) is 57.1 Å². The number of fused-ring (bicyclic) bond motifs is 6. The predicted molar refractivity (Wildman–Crippen MR) is 169 cm³/mol. The molecule has 1 unspecified atom stereocenters. The Labute approximate surface area is 246 Å². The van der Waals surface area contributed by atoms with Gasteiger partial charge in [-0.2, -0.15) is 0 Å². The Bertz CT molecular complexity index is 1340. The number of unbranched alkanes of at least 4 members (excludes halogenated alkanes) is 6. The first-order valence-corrected chi connectivity index (χ1v) is 15.9. The van der Waals surface area contributed by atoms with E-state index in [-0.39, 0.29) is 5.97 Å². The topological polar surface area (TPSA) is 42.0 Å². The van der Waals surface area contributed by atoms with Gasteiger partial charge in [-0.25, -0.2) is 4.79 Å². The quantitative estimate of drug-likeness (QED) is 0.147. The fourth-order valence-electron chi connectivity index (χ4n) is 6.46. The Morgan fingerprint density at radius 1 is 0.634 bits per heavy atom. The lowest BCUT2D eigenvalue weighted by atomic mass is 9.77. The van der Waals surface area contributed by atoms with Gasteiger partial charge in [-0.1, -0.05) is 70.6 Å². The normalized spacial score (nSPS) is 16.5. The fourth-order valence-corrected chi connectivity index (χ4v) is 6.46. The fraction of sp³-hybridized carbons (Fsp3) is 0.472. The number of benzene rings is 3. The first-order valence-electron chi connectivity index (χ1n) is 15.9. The Morgan fingerprint density at radius 2 is 1.29 bits per heavy atom. The number of anilines is 2. The number of carbonyl (C=O) groups is 1. The third-order valence-electron chi connectivity index (χ3n) is 8.74. The summed E-state index contributed by atoms with van der Waals surface area (Å²) in [5.74, 6) is 1.21. The molecular formula is C36H46N2O3. The van der Waals surface area contributed by atoms with Crippen LogP contribution in [0.25, 0.3) is 0 Å². The van der Waals surface area contributed by atoms with E-state index in [0.717, 1.165) is 60.1 Å². The van der Waals surface area contributed by atoms with Gasteiger partial charge in [0.1, 0.15) is 11.5 Å². The van der Waals surface area contributed by atoms with Gasteiger partial charge in [0, 0.05) is 60.3 Å². The maximum Gasteiger partial charge on any atom is 0.340 e. The summed E-state index contributed by atoms with van der Waals surface area (Å²) in [6, 6.07) is 20.7. The minimum Gasteiger partial charge on any atom is -0.456 e. The highest BCUT2D eigenvalue weighted by Crippen LogP contribution is 2.57. The van der Waals surface area contributed by atoms with Crippen molar-refractivity contribution in [2.75, 3.05) is 36.0 Å². The largest absolute Gasteiger partial charge is 0.456 e. The molecule has 41 heavy (non-hydrogen) atoms. The Kier molecular flexibility index (Phi) is 9.22. The SMILES string of the molecule is CCCCCCN(CCCCCC)c1ccc2c(c1)C1(OC(=O)c3ccccc31)c1ccc(N(CC)CC)cc1O2. The molecule has 5 rings (SSSR count). The van der Waals surface area contributed by atoms with Crippen molar-refractivity contribution in [1.82, 2.24) is 0 Å². The van der Waals surface area contributed by atoms with Gasteiger partial charge in [-0.15, -0.1) is 0 Å². The van der Waals surface area contributed by atoms with Gasteiger partial charge in [0.25, 0.3) is 0 Å². The minimum atomic E-state index is -1.04. The first-order chi connectivity index (χ1) is 20.1. The summed E-state index contributed by atoms with van der Waals surface area (Å²) >= 11 is 0. The Balaban J connectivity index is 1.60. The second-order valence-corrected chi connectivity index (χ2v) is 11.4. The highest BCUT2D eigenvalue weighted by Gasteiger charge is 2.53. The molecule has 0 saturated heterocycles. The van der Waals surface area contributed by atoms with Crippen LogP contribution in [0.5, 0.6) is 11.5 Å². The van der Waals surface area contributed by atoms with Gasteiger partial charge in [0.15, 0.2) is 5.60 Å². The molecule has 5 heteroatoms. The predicted octanol–water partition coefficient (Wildman–Crippen LogP) is 9.07. The Hall–Kier alpha value is -3.47. The van der Waals surface area contributed by atoms with Crippen LogP contribution in [0, 0.1) is 0 Å². The summed E-state index contributed by atoms with van der Waals surface area (Å²) in [4.78, 5) is 18.2. The third-order valence-corrected chi connectivity index (χ3v) is 8.74.